The molecule has 0 fully saturated rings. The molecule has 0 saturated carbocycles. The lowest BCUT2D eigenvalue weighted by atomic mass is 10.6. The molecule has 0 amide bonds. The molecule has 2 aromatic heterocycles. The van der Waals surface area contributed by atoms with Crippen LogP contribution in [0.5, 0.6) is 0 Å². The van der Waals surface area contributed by atoms with Crippen molar-refractivity contribution >= 4 is 12.2 Å². The number of ether oxygens (including phenoxy) is 1. The van der Waals surface area contributed by atoms with Crippen molar-refractivity contribution in [3.05, 3.63) is 17.2 Å². The van der Waals surface area contributed by atoms with Gasteiger partial charge in [0.05, 0.1) is 25.5 Å². The zero-order valence-electron chi connectivity index (χ0n) is 8.12. The van der Waals surface area contributed by atoms with Crippen molar-refractivity contribution in [2.45, 2.75) is 6.54 Å². The average molecular weight is 226 g/mol. The summed E-state index contributed by atoms with van der Waals surface area (Å²) in [4.78, 5) is 0. The largest absolute Gasteiger partial charge is 0.383 e. The van der Waals surface area contributed by atoms with Gasteiger partial charge >= 0.3 is 0 Å². The smallest absolute Gasteiger partial charge is 0.243 e. The van der Waals surface area contributed by atoms with Gasteiger partial charge in [-0.2, -0.15) is 10.3 Å². The number of nitrogens with zero attached hydrogens (tertiary/aromatic N) is 5. The molecule has 0 atom stereocenters. The van der Waals surface area contributed by atoms with Crippen molar-refractivity contribution in [3.63, 3.8) is 0 Å². The van der Waals surface area contributed by atoms with Crippen molar-refractivity contribution in [1.82, 2.24) is 30.0 Å². The highest BCUT2D eigenvalue weighted by Crippen LogP contribution is 2.03. The molecular weight excluding hydrogens is 216 g/mol. The standard InChI is InChI=1S/C7H10N6OS/c1-14-3-2-12-5-6(4-8-12)13-7(15)9-10-11-13/h4-5H,2-3H2,1H3,(H,9,11,15). The van der Waals surface area contributed by atoms with Crippen LogP contribution in [0.1, 0.15) is 0 Å². The van der Waals surface area contributed by atoms with Gasteiger partial charge in [0.15, 0.2) is 0 Å². The highest BCUT2D eigenvalue weighted by molar-refractivity contribution is 7.71. The van der Waals surface area contributed by atoms with Crippen LogP contribution in [0.4, 0.5) is 0 Å². The van der Waals surface area contributed by atoms with Gasteiger partial charge in [0.2, 0.25) is 4.77 Å². The van der Waals surface area contributed by atoms with E-state index in [1.54, 1.807) is 22.7 Å². The fourth-order valence-electron chi connectivity index (χ4n) is 1.14. The minimum Gasteiger partial charge on any atom is -0.383 e. The molecular formula is C7H10N6OS. The Morgan fingerprint density at radius 1 is 1.60 bits per heavy atom. The van der Waals surface area contributed by atoms with Crippen LogP contribution in [0, 0.1) is 4.77 Å². The second kappa shape index (κ2) is 4.32. The first kappa shape index (κ1) is 9.99. The highest BCUT2D eigenvalue weighted by Gasteiger charge is 2.02. The van der Waals surface area contributed by atoms with Crippen molar-refractivity contribution < 1.29 is 4.74 Å². The fourth-order valence-corrected chi connectivity index (χ4v) is 1.33. The number of hydrogen-bond donors (Lipinski definition) is 1. The zero-order chi connectivity index (χ0) is 10.7. The van der Waals surface area contributed by atoms with Gasteiger partial charge < -0.3 is 4.74 Å². The normalized spacial score (nSPS) is 10.7. The lowest BCUT2D eigenvalue weighted by Gasteiger charge is -1.98. The molecule has 2 aromatic rings. The second-order valence-electron chi connectivity index (χ2n) is 2.87. The van der Waals surface area contributed by atoms with Gasteiger partial charge in [-0.3, -0.25) is 4.68 Å². The van der Waals surface area contributed by atoms with Crippen molar-refractivity contribution in [3.8, 4) is 5.69 Å². The first-order chi connectivity index (χ1) is 7.31. The molecule has 0 unspecified atom stereocenters. The summed E-state index contributed by atoms with van der Waals surface area (Å²) < 4.78 is 8.67. The summed E-state index contributed by atoms with van der Waals surface area (Å²) in [5.41, 5.74) is 0.807. The van der Waals surface area contributed by atoms with E-state index in [-0.39, 0.29) is 0 Å². The molecule has 0 saturated heterocycles. The Morgan fingerprint density at radius 3 is 3.13 bits per heavy atom. The molecule has 1 N–H and O–H groups in total. The molecule has 7 nitrogen and oxygen atoms in total. The molecule has 0 aliphatic rings. The minimum absolute atomic E-state index is 0.376. The van der Waals surface area contributed by atoms with E-state index in [1.807, 2.05) is 6.20 Å². The molecule has 8 heteroatoms. The quantitative estimate of drug-likeness (QED) is 0.752. The Morgan fingerprint density at radius 2 is 2.47 bits per heavy atom. The summed E-state index contributed by atoms with van der Waals surface area (Å²) in [6.07, 6.45) is 3.53. The molecule has 2 rings (SSSR count). The summed E-state index contributed by atoms with van der Waals surface area (Å²) in [6.45, 7) is 1.32. The van der Waals surface area contributed by atoms with E-state index in [0.29, 0.717) is 17.9 Å². The van der Waals surface area contributed by atoms with Crippen LogP contribution < -0.4 is 0 Å². The van der Waals surface area contributed by atoms with E-state index in [0.717, 1.165) is 5.69 Å². The van der Waals surface area contributed by atoms with E-state index in [9.17, 15) is 0 Å². The van der Waals surface area contributed by atoms with E-state index < -0.39 is 0 Å². The third kappa shape index (κ3) is 2.10. The first-order valence-electron chi connectivity index (χ1n) is 4.33. The SMILES string of the molecule is COCCn1cc(-n2[nH]nnc2=S)cn1. The van der Waals surface area contributed by atoms with Crippen molar-refractivity contribution in [2.24, 2.45) is 0 Å². The van der Waals surface area contributed by atoms with Gasteiger partial charge in [-0.05, 0) is 12.2 Å². The molecule has 0 aromatic carbocycles. The maximum atomic E-state index is 4.96. The van der Waals surface area contributed by atoms with Crippen LogP contribution in [0.25, 0.3) is 5.69 Å². The molecule has 0 aliphatic carbocycles. The third-order valence-corrected chi connectivity index (χ3v) is 2.14. The summed E-state index contributed by atoms with van der Waals surface area (Å²) in [7, 11) is 1.65. The number of tetrazole rings is 1. The lowest BCUT2D eigenvalue weighted by Crippen LogP contribution is -2.04. The van der Waals surface area contributed by atoms with Crippen LogP contribution >= 0.6 is 12.2 Å². The van der Waals surface area contributed by atoms with Gasteiger partial charge in [-0.1, -0.05) is 10.3 Å². The lowest BCUT2D eigenvalue weighted by molar-refractivity contribution is 0.183. The van der Waals surface area contributed by atoms with Crippen molar-refractivity contribution in [1.29, 1.82) is 0 Å². The number of H-pyrrole nitrogens is 1. The molecule has 0 radical (unpaired) electrons. The van der Waals surface area contributed by atoms with Crippen LogP contribution in [0.15, 0.2) is 12.4 Å². The number of hydrogen-bond acceptors (Lipinski definition) is 5. The van der Waals surface area contributed by atoms with E-state index in [2.05, 4.69) is 20.6 Å². The fraction of sp³-hybridized carbons (Fsp3) is 0.429. The second-order valence-corrected chi connectivity index (χ2v) is 3.24. The number of rotatable bonds is 4. The minimum atomic E-state index is 0.376. The topological polar surface area (TPSA) is 73.5 Å². The summed E-state index contributed by atoms with van der Waals surface area (Å²) in [5, 5.41) is 14.1. The molecule has 80 valence electrons. The Balaban J connectivity index is 2.21. The van der Waals surface area contributed by atoms with E-state index in [4.69, 9.17) is 17.0 Å². The Hall–Kier alpha value is -1.54. The third-order valence-electron chi connectivity index (χ3n) is 1.87. The Kier molecular flexibility index (Phi) is 2.88. The van der Waals surface area contributed by atoms with Gasteiger partial charge in [0.25, 0.3) is 0 Å². The van der Waals surface area contributed by atoms with Crippen LogP contribution in [0.3, 0.4) is 0 Å². The maximum absolute atomic E-state index is 4.96. The average Bonchev–Trinajstić information content (AvgIpc) is 2.83. The number of aromatic amines is 1. The van der Waals surface area contributed by atoms with E-state index in [1.165, 1.54) is 0 Å². The van der Waals surface area contributed by atoms with E-state index >= 15 is 0 Å². The molecule has 15 heavy (non-hydrogen) atoms. The van der Waals surface area contributed by atoms with Gasteiger partial charge in [0, 0.05) is 7.11 Å². The number of aromatic nitrogens is 6. The predicted octanol–water partition coefficient (Wildman–Crippen LogP) is 0.168. The Labute approximate surface area is 90.6 Å². The summed E-state index contributed by atoms with van der Waals surface area (Å²) in [5.74, 6) is 0. The first-order valence-corrected chi connectivity index (χ1v) is 4.74. The molecule has 0 spiro atoms. The predicted molar refractivity (Wildman–Crippen MR) is 54.2 cm³/mol. The highest BCUT2D eigenvalue weighted by atomic mass is 32.1. The maximum Gasteiger partial charge on any atom is 0.243 e. The number of methoxy groups -OCH3 is 1. The summed E-state index contributed by atoms with van der Waals surface area (Å²) in [6, 6.07) is 0. The molecule has 0 aliphatic heterocycles. The summed E-state index contributed by atoms with van der Waals surface area (Å²) >= 11 is 4.96. The van der Waals surface area contributed by atoms with Gasteiger partial charge in [-0.25, -0.2) is 4.68 Å². The zero-order valence-corrected chi connectivity index (χ0v) is 8.94. The molecule has 0 bridgehead atoms. The number of nitrogens with one attached hydrogen (secondary N) is 1. The molecule has 2 heterocycles. The van der Waals surface area contributed by atoms with Gasteiger partial charge in [-0.15, -0.1) is 0 Å². The van der Waals surface area contributed by atoms with Crippen LogP contribution in [-0.2, 0) is 11.3 Å². The Bertz CT molecular complexity index is 485. The van der Waals surface area contributed by atoms with Gasteiger partial charge in [0.1, 0.15) is 5.69 Å². The monoisotopic (exact) mass is 226 g/mol. The van der Waals surface area contributed by atoms with Crippen molar-refractivity contribution in [2.75, 3.05) is 13.7 Å². The van der Waals surface area contributed by atoms with Crippen LogP contribution in [0.2, 0.25) is 0 Å². The van der Waals surface area contributed by atoms with Crippen LogP contribution in [-0.4, -0.2) is 43.7 Å².